The van der Waals surface area contributed by atoms with Crippen LogP contribution in [0.3, 0.4) is 0 Å². The third-order valence-corrected chi connectivity index (χ3v) is 18.2. The minimum Gasteiger partial charge on any atom is -0.768 e. The molecule has 0 radical (unpaired) electrons. The summed E-state index contributed by atoms with van der Waals surface area (Å²) in [7, 11) is -4.30. The third-order valence-electron chi connectivity index (χ3n) is 2.41. The summed E-state index contributed by atoms with van der Waals surface area (Å²) in [5.41, 5.74) is 0. The molecule has 110 valence electrons. The summed E-state index contributed by atoms with van der Waals surface area (Å²) < 4.78 is 27.2. The van der Waals surface area contributed by atoms with Crippen LogP contribution in [0.25, 0.3) is 0 Å². The first kappa shape index (κ1) is 21.2. The molecule has 0 saturated carbocycles. The molecule has 0 aromatic rings. The summed E-state index contributed by atoms with van der Waals surface area (Å²) in [6, 6.07) is 0. The number of rotatable bonds is 7. The summed E-state index contributed by atoms with van der Waals surface area (Å²) in [4.78, 5) is -0.282. The molecule has 2 nitrogen and oxygen atoms in total. The van der Waals surface area contributed by atoms with E-state index in [9.17, 15) is 8.76 Å². The van der Waals surface area contributed by atoms with Gasteiger partial charge in [0.15, 0.2) is 0 Å². The molecule has 1 unspecified atom stereocenters. The molecule has 0 N–H and O–H groups in total. The first-order valence-corrected chi connectivity index (χ1v) is 11.6. The lowest BCUT2D eigenvalue weighted by atomic mass is 10.5. The third kappa shape index (κ3) is 2.73. The van der Waals surface area contributed by atoms with Crippen LogP contribution in [0.4, 0.5) is 0 Å². The Kier molecular flexibility index (Phi) is 7.14. The largest absolute Gasteiger partial charge is 0.768 e. The smallest absolute Gasteiger partial charge is 0.108 e. The zero-order valence-corrected chi connectivity index (χ0v) is 17.5. The minimum absolute atomic E-state index is 0.126. The van der Waals surface area contributed by atoms with Crippen molar-refractivity contribution in [3.8, 4) is 0 Å². The summed E-state index contributed by atoms with van der Waals surface area (Å²) in [6.45, 7) is 0. The van der Waals surface area contributed by atoms with E-state index in [-0.39, 0.29) is 9.06 Å². The van der Waals surface area contributed by atoms with Crippen LogP contribution in [-0.2, 0) is 11.1 Å². The molecular weight excluding hydrogens is 449 g/mol. The lowest BCUT2D eigenvalue weighted by Gasteiger charge is -2.64. The van der Waals surface area contributed by atoms with Crippen molar-refractivity contribution in [3.63, 3.8) is 0 Å². The predicted molar refractivity (Wildman–Crippen MR) is 123 cm³/mol. The fourth-order valence-electron chi connectivity index (χ4n) is 0.872. The molecule has 0 saturated heterocycles. The molecule has 0 aromatic heterocycles. The normalized spacial score (nSPS) is 15.7. The Morgan fingerprint density at radius 2 is 1.15 bits per heavy atom. The molecule has 20 heavy (non-hydrogen) atoms. The van der Waals surface area contributed by atoms with Gasteiger partial charge in [0.05, 0.1) is 9.06 Å². The van der Waals surface area contributed by atoms with Gasteiger partial charge in [-0.15, -0.1) is 8.29 Å². The molecule has 0 heterocycles. The second kappa shape index (κ2) is 6.74. The van der Waals surface area contributed by atoms with Crippen LogP contribution in [0.1, 0.15) is 0 Å². The average molecular weight is 454 g/mol. The average Bonchev–Trinajstić information content (AvgIpc) is 2.50. The minimum atomic E-state index is -4.30. The van der Waals surface area contributed by atoms with Gasteiger partial charge in [0.2, 0.25) is 0 Å². The van der Waals surface area contributed by atoms with Crippen molar-refractivity contribution in [2.45, 2.75) is 0 Å². The Hall–Kier alpha value is 1.18. The van der Waals surface area contributed by atoms with Gasteiger partial charge in [0.1, 0.15) is 4.20 Å². The second-order valence-corrected chi connectivity index (χ2v) is 14.3. The Balaban J connectivity index is 6.75. The molecular formula is C8H5O2S10-. The van der Waals surface area contributed by atoms with Gasteiger partial charge in [-0.05, 0) is 11.1 Å². The first-order valence-electron chi connectivity index (χ1n) is 4.21. The second-order valence-electron chi connectivity index (χ2n) is 3.57. The molecule has 0 aliphatic rings. The molecule has 0 bridgehead atoms. The van der Waals surface area contributed by atoms with E-state index in [4.69, 9.17) is 97.7 Å². The highest BCUT2D eigenvalue weighted by Crippen LogP contribution is 2.81. The number of hydrogen-bond donors (Lipinski definition) is 0. The van der Waals surface area contributed by atoms with Crippen LogP contribution >= 0.6 is 106 Å². The highest BCUT2D eigenvalue weighted by atomic mass is 32.4. The van der Waals surface area contributed by atoms with Gasteiger partial charge in [0.25, 0.3) is 0 Å². The maximum Gasteiger partial charge on any atom is 0.108 e. The Morgan fingerprint density at radius 3 is 1.35 bits per heavy atom. The van der Waals surface area contributed by atoms with Gasteiger partial charge in [-0.3, -0.25) is 4.21 Å². The van der Waals surface area contributed by atoms with Crippen LogP contribution in [0.5, 0.6) is 0 Å². The molecule has 0 aliphatic carbocycles. The molecule has 0 spiro atoms. The van der Waals surface area contributed by atoms with Crippen molar-refractivity contribution in [3.05, 3.63) is 0 Å². The van der Waals surface area contributed by atoms with Crippen molar-refractivity contribution >= 4 is 154 Å². The van der Waals surface area contributed by atoms with Crippen molar-refractivity contribution in [2.75, 3.05) is 0 Å². The zero-order chi connectivity index (χ0) is 16.3. The van der Waals surface area contributed by atoms with Crippen LogP contribution < -0.4 is 0 Å². The van der Waals surface area contributed by atoms with Gasteiger partial charge in [-0.25, -0.2) is 0 Å². The van der Waals surface area contributed by atoms with Crippen LogP contribution in [0.15, 0.2) is 0 Å². The molecule has 0 rings (SSSR count). The van der Waals surface area contributed by atoms with E-state index in [1.54, 1.807) is 0 Å². The Bertz CT molecular complexity index is 543. The standard InChI is InChI=1S/C8H6O2S10/c9-19(10)7(17)6(16)8(18)20(1-11,2-12,3-13,4-14)5-15/h1-5H,(H,9,10)/p-1. The Morgan fingerprint density at radius 1 is 0.850 bits per heavy atom. The maximum absolute atomic E-state index is 11.0. The SMILES string of the molecule is O=S([O-])C(=S)C(=S)C(=S)S(C=S)(C=S)(C=S)(C=S)C=S. The first-order chi connectivity index (χ1) is 9.10. The van der Waals surface area contributed by atoms with Gasteiger partial charge in [-0.2, -0.15) is 0 Å². The topological polar surface area (TPSA) is 40.1 Å². The summed E-state index contributed by atoms with van der Waals surface area (Å²) in [5.74, 6) is 0. The molecule has 0 amide bonds. The molecule has 12 heteroatoms. The van der Waals surface area contributed by atoms with Gasteiger partial charge in [0, 0.05) is 23.5 Å². The van der Waals surface area contributed by atoms with E-state index in [0.29, 0.717) is 0 Å². The maximum atomic E-state index is 11.0. The van der Waals surface area contributed by atoms with Crippen LogP contribution in [0, 0.1) is 0 Å². The number of thiocarbonyl (C=S) groups is 8. The summed E-state index contributed by atoms with van der Waals surface area (Å²) in [6.07, 6.45) is 0. The van der Waals surface area contributed by atoms with E-state index in [1.165, 1.54) is 23.5 Å². The quantitative estimate of drug-likeness (QED) is 0.422. The molecule has 0 aliphatic heterocycles. The molecule has 0 fully saturated rings. The number of hydrogen-bond acceptors (Lipinski definition) is 10. The van der Waals surface area contributed by atoms with Crippen LogP contribution in [-0.4, -0.2) is 45.5 Å². The van der Waals surface area contributed by atoms with Crippen molar-refractivity contribution < 1.29 is 8.76 Å². The van der Waals surface area contributed by atoms with E-state index in [0.717, 1.165) is 0 Å². The van der Waals surface area contributed by atoms with Gasteiger partial charge >= 0.3 is 0 Å². The van der Waals surface area contributed by atoms with E-state index < -0.39 is 23.6 Å². The van der Waals surface area contributed by atoms with Crippen molar-refractivity contribution in [1.29, 1.82) is 0 Å². The van der Waals surface area contributed by atoms with Gasteiger partial charge < -0.3 is 4.55 Å². The predicted octanol–water partition coefficient (Wildman–Crippen LogP) is 3.55. The fraction of sp³-hybridized carbons (Fsp3) is 0. The van der Waals surface area contributed by atoms with E-state index in [2.05, 4.69) is 0 Å². The summed E-state index contributed by atoms with van der Waals surface area (Å²) >= 11 is 37.5. The Labute approximate surface area is 161 Å². The highest BCUT2D eigenvalue weighted by Gasteiger charge is 2.58. The molecule has 1 atom stereocenters. The fourth-order valence-corrected chi connectivity index (χ4v) is 12.6. The lowest BCUT2D eigenvalue weighted by Crippen LogP contribution is -2.50. The highest BCUT2D eigenvalue weighted by molar-refractivity contribution is 9.18. The monoisotopic (exact) mass is 453 g/mol. The van der Waals surface area contributed by atoms with Crippen molar-refractivity contribution in [2.24, 2.45) is 0 Å². The summed E-state index contributed by atoms with van der Waals surface area (Å²) in [5, 5.41) is 0. The van der Waals surface area contributed by atoms with Gasteiger partial charge in [-0.1, -0.05) is 97.7 Å². The lowest BCUT2D eigenvalue weighted by molar-refractivity contribution is 0.550. The van der Waals surface area contributed by atoms with E-state index >= 15 is 0 Å². The van der Waals surface area contributed by atoms with Crippen LogP contribution in [0.2, 0.25) is 0 Å². The molecule has 0 aromatic carbocycles. The van der Waals surface area contributed by atoms with E-state index in [1.807, 2.05) is 0 Å². The zero-order valence-electron chi connectivity index (χ0n) is 9.29. The van der Waals surface area contributed by atoms with Crippen molar-refractivity contribution in [1.82, 2.24) is 0 Å².